The number of rotatable bonds is 2. The summed E-state index contributed by atoms with van der Waals surface area (Å²) in [5, 5.41) is 3.82. The molecule has 0 atom stereocenters. The number of nitrogen functional groups attached to an aromatic ring is 1. The second kappa shape index (κ2) is 4.73. The molecule has 0 aliphatic rings. The van der Waals surface area contributed by atoms with Gasteiger partial charge in [-0.15, -0.1) is 0 Å². The summed E-state index contributed by atoms with van der Waals surface area (Å²) in [6, 6.07) is 7.99. The minimum Gasteiger partial charge on any atom is -0.399 e. The second-order valence-electron chi connectivity index (χ2n) is 4.38. The van der Waals surface area contributed by atoms with Crippen molar-refractivity contribution in [1.29, 1.82) is 0 Å². The first kappa shape index (κ1) is 12.3. The minimum atomic E-state index is -0.502. The van der Waals surface area contributed by atoms with Crippen LogP contribution in [0.25, 0.3) is 23.0 Å². The molecule has 0 spiro atoms. The average Bonchev–Trinajstić information content (AvgIpc) is 2.88. The van der Waals surface area contributed by atoms with E-state index in [0.717, 1.165) is 5.56 Å². The van der Waals surface area contributed by atoms with Crippen LogP contribution in [-0.2, 0) is 0 Å². The fraction of sp³-hybridized carbons (Fsp3) is 0.0714. The Morgan fingerprint density at radius 1 is 1.20 bits per heavy atom. The van der Waals surface area contributed by atoms with Gasteiger partial charge in [0.1, 0.15) is 11.5 Å². The lowest BCUT2D eigenvalue weighted by Crippen LogP contribution is -1.90. The van der Waals surface area contributed by atoms with Gasteiger partial charge in [-0.05, 0) is 42.8 Å². The number of pyridine rings is 1. The van der Waals surface area contributed by atoms with Crippen LogP contribution in [0.2, 0.25) is 0 Å². The summed E-state index contributed by atoms with van der Waals surface area (Å²) < 4.78 is 18.9. The van der Waals surface area contributed by atoms with E-state index in [1.54, 1.807) is 12.3 Å². The highest BCUT2D eigenvalue weighted by molar-refractivity contribution is 5.60. The molecule has 0 fully saturated rings. The van der Waals surface area contributed by atoms with E-state index in [9.17, 15) is 4.39 Å². The summed E-state index contributed by atoms with van der Waals surface area (Å²) in [5.74, 6) is -0.0851. The number of nitrogens with two attached hydrogens (primary N) is 1. The van der Waals surface area contributed by atoms with Crippen LogP contribution in [0.3, 0.4) is 0 Å². The van der Waals surface area contributed by atoms with Gasteiger partial charge < -0.3 is 10.3 Å². The molecular weight excluding hydrogens is 259 g/mol. The molecule has 0 amide bonds. The van der Waals surface area contributed by atoms with Crippen LogP contribution in [0.15, 0.2) is 41.1 Å². The maximum absolute atomic E-state index is 13.8. The number of aryl methyl sites for hydroxylation is 1. The van der Waals surface area contributed by atoms with E-state index < -0.39 is 5.82 Å². The molecule has 0 aliphatic carbocycles. The van der Waals surface area contributed by atoms with Gasteiger partial charge in [-0.3, -0.25) is 4.98 Å². The Morgan fingerprint density at radius 3 is 2.80 bits per heavy atom. The first-order valence-corrected chi connectivity index (χ1v) is 5.95. The summed E-state index contributed by atoms with van der Waals surface area (Å²) in [5.41, 5.74) is 7.66. The number of halogens is 1. The van der Waals surface area contributed by atoms with Crippen molar-refractivity contribution < 1.29 is 8.91 Å². The molecule has 2 heterocycles. The van der Waals surface area contributed by atoms with E-state index in [1.807, 2.05) is 19.1 Å². The van der Waals surface area contributed by atoms with E-state index >= 15 is 0 Å². The van der Waals surface area contributed by atoms with Gasteiger partial charge in [0.25, 0.3) is 5.89 Å². The highest BCUT2D eigenvalue weighted by Crippen LogP contribution is 2.25. The summed E-state index contributed by atoms with van der Waals surface area (Å²) in [7, 11) is 0. The zero-order valence-electron chi connectivity index (χ0n) is 10.7. The number of hydrogen-bond acceptors (Lipinski definition) is 5. The number of benzene rings is 1. The summed E-state index contributed by atoms with van der Waals surface area (Å²) in [4.78, 5) is 8.32. The minimum absolute atomic E-state index is 0.0980. The Morgan fingerprint density at radius 2 is 2.05 bits per heavy atom. The average molecular weight is 270 g/mol. The van der Waals surface area contributed by atoms with Gasteiger partial charge >= 0.3 is 0 Å². The lowest BCUT2D eigenvalue weighted by atomic mass is 10.2. The van der Waals surface area contributed by atoms with Gasteiger partial charge in [-0.25, -0.2) is 4.39 Å². The maximum atomic E-state index is 13.8. The number of nitrogens with zero attached hydrogens (tertiary/aromatic N) is 3. The lowest BCUT2D eigenvalue weighted by molar-refractivity contribution is 0.429. The zero-order chi connectivity index (χ0) is 14.1. The van der Waals surface area contributed by atoms with Crippen molar-refractivity contribution in [1.82, 2.24) is 15.1 Å². The molecule has 2 aromatic heterocycles. The second-order valence-corrected chi connectivity index (χ2v) is 4.38. The van der Waals surface area contributed by atoms with Gasteiger partial charge in [0.15, 0.2) is 0 Å². The van der Waals surface area contributed by atoms with Crippen molar-refractivity contribution >= 4 is 5.69 Å². The number of hydrogen-bond donors (Lipinski definition) is 1. The molecule has 0 radical (unpaired) electrons. The molecule has 0 saturated carbocycles. The molecule has 0 aliphatic heterocycles. The van der Waals surface area contributed by atoms with Crippen LogP contribution in [0.5, 0.6) is 0 Å². The first-order valence-electron chi connectivity index (χ1n) is 5.95. The van der Waals surface area contributed by atoms with Crippen molar-refractivity contribution in [3.63, 3.8) is 0 Å². The topological polar surface area (TPSA) is 77.8 Å². The predicted molar refractivity (Wildman–Crippen MR) is 72.1 cm³/mol. The number of aromatic nitrogens is 3. The van der Waals surface area contributed by atoms with E-state index in [2.05, 4.69) is 15.1 Å². The van der Waals surface area contributed by atoms with Crippen LogP contribution in [0.1, 0.15) is 5.56 Å². The molecule has 1 aromatic carbocycles. The summed E-state index contributed by atoms with van der Waals surface area (Å²) in [6.45, 7) is 1.94. The molecule has 0 unspecified atom stereocenters. The van der Waals surface area contributed by atoms with Gasteiger partial charge in [0.05, 0.1) is 5.56 Å². The third kappa shape index (κ3) is 2.23. The van der Waals surface area contributed by atoms with Crippen molar-refractivity contribution in [2.24, 2.45) is 0 Å². The van der Waals surface area contributed by atoms with Gasteiger partial charge in [-0.2, -0.15) is 4.98 Å². The molecule has 20 heavy (non-hydrogen) atoms. The van der Waals surface area contributed by atoms with Crippen molar-refractivity contribution in [3.05, 3.63) is 47.9 Å². The standard InChI is InChI=1S/C14H11FN4O/c1-8-4-5-17-12(6-8)13-18-14(20-19-13)10-3-2-9(16)7-11(10)15/h2-7H,16H2,1H3. The molecule has 0 bridgehead atoms. The van der Waals surface area contributed by atoms with Crippen molar-refractivity contribution in [2.75, 3.05) is 5.73 Å². The van der Waals surface area contributed by atoms with Gasteiger partial charge in [0, 0.05) is 11.9 Å². The Labute approximate surface area is 114 Å². The third-order valence-corrected chi connectivity index (χ3v) is 2.79. The van der Waals surface area contributed by atoms with Gasteiger partial charge in [0.2, 0.25) is 5.82 Å². The first-order chi connectivity index (χ1) is 9.63. The third-order valence-electron chi connectivity index (χ3n) is 2.79. The Bertz CT molecular complexity index is 769. The molecular formula is C14H11FN4O. The SMILES string of the molecule is Cc1ccnc(-c2noc(-c3ccc(N)cc3F)n2)c1. The summed E-state index contributed by atoms with van der Waals surface area (Å²) >= 11 is 0. The predicted octanol–water partition coefficient (Wildman–Crippen LogP) is 2.83. The van der Waals surface area contributed by atoms with Crippen LogP contribution < -0.4 is 5.73 Å². The Hall–Kier alpha value is -2.76. The highest BCUT2D eigenvalue weighted by Gasteiger charge is 2.15. The van der Waals surface area contributed by atoms with E-state index in [4.69, 9.17) is 10.3 Å². The molecule has 100 valence electrons. The molecule has 0 saturated heterocycles. The quantitative estimate of drug-likeness (QED) is 0.724. The molecule has 5 nitrogen and oxygen atoms in total. The van der Waals surface area contributed by atoms with E-state index in [0.29, 0.717) is 17.2 Å². The van der Waals surface area contributed by atoms with Gasteiger partial charge in [-0.1, -0.05) is 5.16 Å². The molecule has 6 heteroatoms. The monoisotopic (exact) mass is 270 g/mol. The molecule has 3 rings (SSSR count). The summed E-state index contributed by atoms with van der Waals surface area (Å²) in [6.07, 6.45) is 1.66. The lowest BCUT2D eigenvalue weighted by Gasteiger charge is -1.98. The van der Waals surface area contributed by atoms with Crippen LogP contribution in [0.4, 0.5) is 10.1 Å². The zero-order valence-corrected chi connectivity index (χ0v) is 10.7. The van der Waals surface area contributed by atoms with Crippen LogP contribution in [-0.4, -0.2) is 15.1 Å². The van der Waals surface area contributed by atoms with E-state index in [1.165, 1.54) is 12.1 Å². The fourth-order valence-corrected chi connectivity index (χ4v) is 1.80. The number of anilines is 1. The van der Waals surface area contributed by atoms with Crippen molar-refractivity contribution in [3.8, 4) is 23.0 Å². The Kier molecular flexibility index (Phi) is 2.90. The fourth-order valence-electron chi connectivity index (χ4n) is 1.80. The normalized spacial score (nSPS) is 10.7. The van der Waals surface area contributed by atoms with E-state index in [-0.39, 0.29) is 11.5 Å². The Balaban J connectivity index is 2.02. The maximum Gasteiger partial charge on any atom is 0.261 e. The largest absolute Gasteiger partial charge is 0.399 e. The highest BCUT2D eigenvalue weighted by atomic mass is 19.1. The van der Waals surface area contributed by atoms with Crippen LogP contribution >= 0.6 is 0 Å². The smallest absolute Gasteiger partial charge is 0.261 e. The van der Waals surface area contributed by atoms with Crippen LogP contribution in [0, 0.1) is 12.7 Å². The molecule has 2 N–H and O–H groups in total. The molecule has 3 aromatic rings. The van der Waals surface area contributed by atoms with Crippen molar-refractivity contribution in [2.45, 2.75) is 6.92 Å².